The van der Waals surface area contributed by atoms with E-state index in [4.69, 9.17) is 11.6 Å². The van der Waals surface area contributed by atoms with Gasteiger partial charge < -0.3 is 0 Å². The lowest BCUT2D eigenvalue weighted by Crippen LogP contribution is -1.86. The van der Waals surface area contributed by atoms with Crippen molar-refractivity contribution >= 4 is 11.6 Å². The van der Waals surface area contributed by atoms with E-state index < -0.39 is 0 Å². The largest absolute Gasteiger partial charge is 0.118 e. The number of rotatable bonds is 3. The van der Waals surface area contributed by atoms with Gasteiger partial charge in [0.25, 0.3) is 0 Å². The number of allylic oxidation sites excluding steroid dienone is 2. The van der Waals surface area contributed by atoms with E-state index in [-0.39, 0.29) is 5.38 Å². The van der Waals surface area contributed by atoms with Crippen LogP contribution in [0.3, 0.4) is 0 Å². The van der Waals surface area contributed by atoms with Crippen LogP contribution in [0.1, 0.15) is 6.42 Å². The van der Waals surface area contributed by atoms with Crippen molar-refractivity contribution in [2.24, 2.45) is 0 Å². The zero-order valence-electron chi connectivity index (χ0n) is 4.23. The topological polar surface area (TPSA) is 0 Å². The molecule has 0 aromatic heterocycles. The van der Waals surface area contributed by atoms with E-state index in [1.807, 2.05) is 0 Å². The van der Waals surface area contributed by atoms with E-state index in [2.05, 4.69) is 13.2 Å². The zero-order chi connectivity index (χ0) is 5.70. The summed E-state index contributed by atoms with van der Waals surface area (Å²) in [5, 5.41) is 0.0671. The van der Waals surface area contributed by atoms with Crippen LogP contribution in [-0.4, -0.2) is 5.38 Å². The van der Waals surface area contributed by atoms with Gasteiger partial charge in [0.15, 0.2) is 0 Å². The van der Waals surface area contributed by atoms with Crippen molar-refractivity contribution in [1.82, 2.24) is 0 Å². The minimum absolute atomic E-state index is 0.0671. The molecule has 40 valence electrons. The van der Waals surface area contributed by atoms with Gasteiger partial charge in [-0.1, -0.05) is 12.2 Å². The molecule has 1 unspecified atom stereocenters. The van der Waals surface area contributed by atoms with Crippen LogP contribution < -0.4 is 0 Å². The van der Waals surface area contributed by atoms with Gasteiger partial charge in [0.1, 0.15) is 0 Å². The molecule has 0 amide bonds. The number of halogens is 1. The van der Waals surface area contributed by atoms with Crippen LogP contribution in [0.25, 0.3) is 0 Å². The van der Waals surface area contributed by atoms with Crippen molar-refractivity contribution in [3.8, 4) is 0 Å². The summed E-state index contributed by atoms with van der Waals surface area (Å²) in [6, 6.07) is 0. The lowest BCUT2D eigenvalue weighted by atomic mass is 10.3. The molecule has 1 atom stereocenters. The van der Waals surface area contributed by atoms with Gasteiger partial charge >= 0.3 is 0 Å². The quantitative estimate of drug-likeness (QED) is 0.392. The fourth-order valence-electron chi connectivity index (χ4n) is 0.255. The van der Waals surface area contributed by atoms with Crippen LogP contribution in [0.4, 0.5) is 0 Å². The highest BCUT2D eigenvalue weighted by Gasteiger charge is 1.89. The first-order valence-corrected chi connectivity index (χ1v) is 2.62. The molecule has 0 nitrogen and oxygen atoms in total. The Labute approximate surface area is 49.5 Å². The molecule has 0 rings (SSSR count). The average molecular weight is 117 g/mol. The second-order valence-electron chi connectivity index (χ2n) is 1.28. The summed E-state index contributed by atoms with van der Waals surface area (Å²) in [4.78, 5) is 0. The van der Waals surface area contributed by atoms with Gasteiger partial charge in [-0.25, -0.2) is 0 Å². The van der Waals surface area contributed by atoms with E-state index in [0.717, 1.165) is 6.42 Å². The van der Waals surface area contributed by atoms with Crippen LogP contribution in [-0.2, 0) is 0 Å². The van der Waals surface area contributed by atoms with E-state index in [1.165, 1.54) is 0 Å². The number of hydrogen-bond acceptors (Lipinski definition) is 0. The molecule has 0 aliphatic heterocycles. The molecule has 0 aromatic carbocycles. The molecular weight excluding hydrogens is 108 g/mol. The summed E-state index contributed by atoms with van der Waals surface area (Å²) < 4.78 is 0. The Kier molecular flexibility index (Phi) is 3.81. The van der Waals surface area contributed by atoms with Gasteiger partial charge in [0.2, 0.25) is 0 Å². The molecule has 0 radical (unpaired) electrons. The lowest BCUT2D eigenvalue weighted by molar-refractivity contribution is 1.07. The summed E-state index contributed by atoms with van der Waals surface area (Å²) >= 11 is 5.58. The van der Waals surface area contributed by atoms with Crippen molar-refractivity contribution in [3.63, 3.8) is 0 Å². The Bertz CT molecular complexity index is 66.6. The maximum Gasteiger partial charge on any atom is 0.0547 e. The van der Waals surface area contributed by atoms with Crippen molar-refractivity contribution in [3.05, 3.63) is 25.3 Å². The number of alkyl halides is 1. The molecule has 0 N–H and O–H groups in total. The molecule has 0 aliphatic rings. The van der Waals surface area contributed by atoms with E-state index in [0.29, 0.717) is 0 Å². The third kappa shape index (κ3) is 3.60. The Hall–Kier alpha value is -0.230. The predicted molar refractivity (Wildman–Crippen MR) is 34.7 cm³/mol. The molecule has 0 bridgehead atoms. The fourth-order valence-corrected chi connectivity index (χ4v) is 0.381. The zero-order valence-corrected chi connectivity index (χ0v) is 4.99. The SMILES string of the molecule is C=CCC(Cl)C=C. The highest BCUT2D eigenvalue weighted by atomic mass is 35.5. The highest BCUT2D eigenvalue weighted by Crippen LogP contribution is 2.01. The maximum atomic E-state index is 5.58. The van der Waals surface area contributed by atoms with Crippen LogP contribution in [0, 0.1) is 0 Å². The van der Waals surface area contributed by atoms with Gasteiger partial charge in [0.05, 0.1) is 5.38 Å². The molecular formula is C6H9Cl. The average Bonchev–Trinajstić information content (AvgIpc) is 1.68. The Morgan fingerprint density at radius 3 is 2.29 bits per heavy atom. The first kappa shape index (κ1) is 6.77. The minimum atomic E-state index is 0.0671. The summed E-state index contributed by atoms with van der Waals surface area (Å²) in [6.45, 7) is 7.02. The normalized spacial score (nSPS) is 12.7. The fraction of sp³-hybridized carbons (Fsp3) is 0.333. The summed E-state index contributed by atoms with van der Waals surface area (Å²) in [6.07, 6.45) is 4.29. The summed E-state index contributed by atoms with van der Waals surface area (Å²) in [7, 11) is 0. The van der Waals surface area contributed by atoms with Crippen LogP contribution in [0.15, 0.2) is 25.3 Å². The van der Waals surface area contributed by atoms with Gasteiger partial charge in [-0.3, -0.25) is 0 Å². The Morgan fingerprint density at radius 1 is 1.57 bits per heavy atom. The van der Waals surface area contributed by atoms with Crippen molar-refractivity contribution < 1.29 is 0 Å². The molecule has 0 saturated heterocycles. The molecule has 7 heavy (non-hydrogen) atoms. The molecule has 0 heterocycles. The van der Waals surface area contributed by atoms with E-state index in [9.17, 15) is 0 Å². The first-order chi connectivity index (χ1) is 3.31. The molecule has 0 saturated carbocycles. The highest BCUT2D eigenvalue weighted by molar-refractivity contribution is 6.21. The van der Waals surface area contributed by atoms with E-state index >= 15 is 0 Å². The van der Waals surface area contributed by atoms with Crippen molar-refractivity contribution in [2.75, 3.05) is 0 Å². The van der Waals surface area contributed by atoms with Crippen molar-refractivity contribution in [2.45, 2.75) is 11.8 Å². The Morgan fingerprint density at radius 2 is 2.14 bits per heavy atom. The van der Waals surface area contributed by atoms with Crippen LogP contribution >= 0.6 is 11.6 Å². The van der Waals surface area contributed by atoms with Crippen LogP contribution in [0.5, 0.6) is 0 Å². The second-order valence-corrected chi connectivity index (χ2v) is 1.84. The third-order valence-corrected chi connectivity index (χ3v) is 1.00. The molecule has 0 aromatic rings. The van der Waals surface area contributed by atoms with Crippen LogP contribution in [0.2, 0.25) is 0 Å². The molecule has 0 spiro atoms. The van der Waals surface area contributed by atoms with Gasteiger partial charge in [0, 0.05) is 0 Å². The molecule has 0 fully saturated rings. The maximum absolute atomic E-state index is 5.58. The number of hydrogen-bond donors (Lipinski definition) is 0. The summed E-state index contributed by atoms with van der Waals surface area (Å²) in [5.41, 5.74) is 0. The lowest BCUT2D eigenvalue weighted by Gasteiger charge is -1.92. The Balaban J connectivity index is 3.15. The smallest absolute Gasteiger partial charge is 0.0547 e. The second kappa shape index (κ2) is 3.94. The third-order valence-electron chi connectivity index (χ3n) is 0.648. The monoisotopic (exact) mass is 116 g/mol. The van der Waals surface area contributed by atoms with Gasteiger partial charge in [-0.05, 0) is 6.42 Å². The summed E-state index contributed by atoms with van der Waals surface area (Å²) in [5.74, 6) is 0. The molecule has 0 aliphatic carbocycles. The first-order valence-electron chi connectivity index (χ1n) is 2.18. The minimum Gasteiger partial charge on any atom is -0.118 e. The predicted octanol–water partition coefficient (Wildman–Crippen LogP) is 2.36. The van der Waals surface area contributed by atoms with Crippen molar-refractivity contribution in [1.29, 1.82) is 0 Å². The van der Waals surface area contributed by atoms with Gasteiger partial charge in [-0.2, -0.15) is 0 Å². The van der Waals surface area contributed by atoms with Gasteiger partial charge in [-0.15, -0.1) is 24.8 Å². The molecule has 1 heteroatoms. The van der Waals surface area contributed by atoms with E-state index in [1.54, 1.807) is 12.2 Å². The standard InChI is InChI=1S/C6H9Cl/c1-3-5-6(7)4-2/h3-4,6H,1-2,5H2.